The summed E-state index contributed by atoms with van der Waals surface area (Å²) < 4.78 is 1.77. The van der Waals surface area contributed by atoms with Gasteiger partial charge in [0.25, 0.3) is 5.56 Å². The van der Waals surface area contributed by atoms with Crippen LogP contribution in [0.1, 0.15) is 12.5 Å². The fourth-order valence-electron chi connectivity index (χ4n) is 2.72. The van der Waals surface area contributed by atoms with E-state index in [0.717, 1.165) is 12.0 Å². The lowest BCUT2D eigenvalue weighted by Gasteiger charge is -2.17. The molecule has 0 spiro atoms. The highest BCUT2D eigenvalue weighted by Gasteiger charge is 2.19. The second-order valence-electron chi connectivity index (χ2n) is 6.45. The van der Waals surface area contributed by atoms with E-state index in [1.807, 2.05) is 30.3 Å². The summed E-state index contributed by atoms with van der Waals surface area (Å²) >= 11 is 7.15. The van der Waals surface area contributed by atoms with Gasteiger partial charge in [-0.25, -0.2) is 0 Å². The number of aryl methyl sites for hydroxylation is 1. The maximum absolute atomic E-state index is 12.6. The number of benzene rings is 2. The van der Waals surface area contributed by atoms with Crippen molar-refractivity contribution in [1.82, 2.24) is 9.55 Å². The van der Waals surface area contributed by atoms with Crippen molar-refractivity contribution in [3.8, 4) is 0 Å². The molecular formula is C21H21ClN4O2S. The molecule has 6 nitrogen and oxygen atoms in total. The number of nitrogens with two attached hydrogens (primary N) is 1. The number of nitrogen functional groups attached to an aromatic ring is 1. The summed E-state index contributed by atoms with van der Waals surface area (Å²) in [7, 11) is 0. The van der Waals surface area contributed by atoms with E-state index >= 15 is 0 Å². The number of hydrogen-bond donors (Lipinski definition) is 2. The Morgan fingerprint density at radius 3 is 2.69 bits per heavy atom. The molecule has 1 atom stereocenters. The third-order valence-corrected chi connectivity index (χ3v) is 5.56. The minimum atomic E-state index is -0.495. The molecule has 0 bridgehead atoms. The standard InChI is InChI=1S/C21H21ClN4O2S/c1-14(20(28)24-17-9-5-8-16(22)12-17)29-21-25-19(27)13-18(23)26(21)11-10-15-6-3-2-4-7-15/h2-9,12-14H,10-11,23H2,1H3,(H,24,28)/t14-/m1/s1. The highest BCUT2D eigenvalue weighted by Crippen LogP contribution is 2.24. The van der Waals surface area contributed by atoms with Gasteiger partial charge in [0.15, 0.2) is 5.16 Å². The number of carbonyl (C=O) groups excluding carboxylic acids is 1. The first-order valence-electron chi connectivity index (χ1n) is 9.07. The van der Waals surface area contributed by atoms with E-state index in [1.165, 1.54) is 17.8 Å². The fraction of sp³-hybridized carbons (Fsp3) is 0.190. The molecule has 0 fully saturated rings. The van der Waals surface area contributed by atoms with Gasteiger partial charge >= 0.3 is 0 Å². The summed E-state index contributed by atoms with van der Waals surface area (Å²) in [6, 6.07) is 18.2. The summed E-state index contributed by atoms with van der Waals surface area (Å²) in [4.78, 5) is 28.5. The van der Waals surface area contributed by atoms with E-state index in [0.29, 0.717) is 28.2 Å². The van der Waals surface area contributed by atoms with Gasteiger partial charge < -0.3 is 15.6 Å². The van der Waals surface area contributed by atoms with Gasteiger partial charge in [0.1, 0.15) is 5.82 Å². The van der Waals surface area contributed by atoms with E-state index in [1.54, 1.807) is 35.8 Å². The van der Waals surface area contributed by atoms with Crippen molar-refractivity contribution in [2.75, 3.05) is 11.1 Å². The van der Waals surface area contributed by atoms with Crippen molar-refractivity contribution < 1.29 is 4.79 Å². The number of carbonyl (C=O) groups is 1. The number of hydrogen-bond acceptors (Lipinski definition) is 5. The molecule has 3 aromatic rings. The Balaban J connectivity index is 1.74. The normalized spacial score (nSPS) is 11.8. The van der Waals surface area contributed by atoms with Gasteiger partial charge in [-0.3, -0.25) is 9.59 Å². The zero-order valence-corrected chi connectivity index (χ0v) is 17.4. The van der Waals surface area contributed by atoms with Crippen molar-refractivity contribution in [3.63, 3.8) is 0 Å². The summed E-state index contributed by atoms with van der Waals surface area (Å²) in [5, 5.41) is 3.28. The number of anilines is 2. The number of nitrogens with one attached hydrogen (secondary N) is 1. The molecule has 0 unspecified atom stereocenters. The predicted molar refractivity (Wildman–Crippen MR) is 118 cm³/mol. The Kier molecular flexibility index (Phi) is 6.95. The molecule has 3 N–H and O–H groups in total. The van der Waals surface area contributed by atoms with Gasteiger partial charge in [0.05, 0.1) is 5.25 Å². The van der Waals surface area contributed by atoms with E-state index in [-0.39, 0.29) is 5.91 Å². The van der Waals surface area contributed by atoms with Gasteiger partial charge in [0.2, 0.25) is 5.91 Å². The zero-order valence-electron chi connectivity index (χ0n) is 15.8. The minimum absolute atomic E-state index is 0.219. The average Bonchev–Trinajstić information content (AvgIpc) is 2.68. The maximum atomic E-state index is 12.6. The van der Waals surface area contributed by atoms with Gasteiger partial charge in [-0.15, -0.1) is 0 Å². The lowest BCUT2D eigenvalue weighted by Crippen LogP contribution is -2.25. The summed E-state index contributed by atoms with van der Waals surface area (Å²) in [5.74, 6) is 0.106. The molecule has 3 rings (SSSR count). The maximum Gasteiger partial charge on any atom is 0.275 e. The molecule has 0 saturated heterocycles. The van der Waals surface area contributed by atoms with Crippen LogP contribution in [0.3, 0.4) is 0 Å². The van der Waals surface area contributed by atoms with Crippen LogP contribution in [0.2, 0.25) is 5.02 Å². The van der Waals surface area contributed by atoms with Crippen LogP contribution < -0.4 is 16.6 Å². The quantitative estimate of drug-likeness (QED) is 0.440. The molecule has 0 aliphatic heterocycles. The number of rotatable bonds is 7. The summed E-state index contributed by atoms with van der Waals surface area (Å²) in [6.07, 6.45) is 0.728. The van der Waals surface area contributed by atoms with Gasteiger partial charge in [-0.2, -0.15) is 4.98 Å². The number of halogens is 1. The first-order valence-corrected chi connectivity index (χ1v) is 10.3. The van der Waals surface area contributed by atoms with Crippen LogP contribution in [-0.4, -0.2) is 20.7 Å². The third kappa shape index (κ3) is 5.85. The van der Waals surface area contributed by atoms with E-state index in [2.05, 4.69) is 10.3 Å². The SMILES string of the molecule is C[C@@H](Sc1nc(=O)cc(N)n1CCc1ccccc1)C(=O)Nc1cccc(Cl)c1. The average molecular weight is 429 g/mol. The van der Waals surface area contributed by atoms with Crippen LogP contribution in [0.15, 0.2) is 70.6 Å². The zero-order chi connectivity index (χ0) is 20.8. The Bertz CT molecular complexity index is 1060. The lowest BCUT2D eigenvalue weighted by molar-refractivity contribution is -0.115. The van der Waals surface area contributed by atoms with Crippen LogP contribution >= 0.6 is 23.4 Å². The van der Waals surface area contributed by atoms with Crippen molar-refractivity contribution in [2.24, 2.45) is 0 Å². The van der Waals surface area contributed by atoms with Crippen molar-refractivity contribution in [3.05, 3.63) is 81.6 Å². The van der Waals surface area contributed by atoms with Crippen LogP contribution in [0.5, 0.6) is 0 Å². The van der Waals surface area contributed by atoms with Gasteiger partial charge in [-0.05, 0) is 37.1 Å². The Labute approximate surface area is 178 Å². The van der Waals surface area contributed by atoms with Crippen LogP contribution in [0.25, 0.3) is 0 Å². The molecule has 29 heavy (non-hydrogen) atoms. The number of nitrogens with zero attached hydrogens (tertiary/aromatic N) is 2. The predicted octanol–water partition coefficient (Wildman–Crippen LogP) is 3.84. The molecule has 1 heterocycles. The third-order valence-electron chi connectivity index (χ3n) is 4.23. The molecule has 1 amide bonds. The van der Waals surface area contributed by atoms with E-state index < -0.39 is 10.8 Å². The highest BCUT2D eigenvalue weighted by molar-refractivity contribution is 8.00. The monoisotopic (exact) mass is 428 g/mol. The van der Waals surface area contributed by atoms with Crippen molar-refractivity contribution >= 4 is 40.8 Å². The second-order valence-corrected chi connectivity index (χ2v) is 8.19. The molecule has 8 heteroatoms. The van der Waals surface area contributed by atoms with Crippen LogP contribution in [0.4, 0.5) is 11.5 Å². The first kappa shape index (κ1) is 21.0. The highest BCUT2D eigenvalue weighted by atomic mass is 35.5. The fourth-order valence-corrected chi connectivity index (χ4v) is 3.86. The number of aromatic nitrogens is 2. The van der Waals surface area contributed by atoms with Crippen LogP contribution in [0, 0.1) is 0 Å². The summed E-state index contributed by atoms with van der Waals surface area (Å²) in [6.45, 7) is 2.30. The molecule has 0 aliphatic rings. The Morgan fingerprint density at radius 2 is 1.97 bits per heavy atom. The molecule has 1 aromatic heterocycles. The largest absolute Gasteiger partial charge is 0.385 e. The molecular weight excluding hydrogens is 408 g/mol. The lowest BCUT2D eigenvalue weighted by atomic mass is 10.1. The number of amides is 1. The van der Waals surface area contributed by atoms with Crippen molar-refractivity contribution in [1.29, 1.82) is 0 Å². The van der Waals surface area contributed by atoms with Crippen LogP contribution in [-0.2, 0) is 17.8 Å². The van der Waals surface area contributed by atoms with Gasteiger partial charge in [-0.1, -0.05) is 59.8 Å². The smallest absolute Gasteiger partial charge is 0.275 e. The second kappa shape index (κ2) is 9.62. The summed E-state index contributed by atoms with van der Waals surface area (Å²) in [5.41, 5.74) is 7.40. The molecule has 2 aromatic carbocycles. The minimum Gasteiger partial charge on any atom is -0.385 e. The molecule has 0 aliphatic carbocycles. The van der Waals surface area contributed by atoms with E-state index in [4.69, 9.17) is 17.3 Å². The number of thioether (sulfide) groups is 1. The Hall–Kier alpha value is -2.77. The molecule has 0 saturated carbocycles. The topological polar surface area (TPSA) is 90.0 Å². The molecule has 0 radical (unpaired) electrons. The van der Waals surface area contributed by atoms with Crippen molar-refractivity contribution in [2.45, 2.75) is 30.3 Å². The Morgan fingerprint density at radius 1 is 1.21 bits per heavy atom. The van der Waals surface area contributed by atoms with Gasteiger partial charge in [0, 0.05) is 23.3 Å². The first-order chi connectivity index (χ1) is 13.9. The molecule has 150 valence electrons. The van der Waals surface area contributed by atoms with E-state index in [9.17, 15) is 9.59 Å².